The predicted octanol–water partition coefficient (Wildman–Crippen LogP) is 5.80. The predicted molar refractivity (Wildman–Crippen MR) is 154 cm³/mol. The number of carbonyl (C=O) groups is 1. The Hall–Kier alpha value is -1.80. The fourth-order valence-electron chi connectivity index (χ4n) is 3.62. The van der Waals surface area contributed by atoms with Crippen LogP contribution in [0.25, 0.3) is 5.57 Å². The standard InChI is InChI=1S/C27H48N2O7Si2/c1-13-33-24(31)23(18(2)30)19-14-15-29(25(32)28-19)22-16-20(36-38(11,12)27(6,7)8)21(35-22)17-34-37(9,10)26(3,4)5/h14-15,20-22,30H,13,16-17H2,1-12H3/b23-18-/t20-,21+,22+/m0/s1. The van der Waals surface area contributed by atoms with Crippen LogP contribution in [0.4, 0.5) is 0 Å². The normalized spacial score (nSPS) is 21.8. The molecule has 0 saturated carbocycles. The lowest BCUT2D eigenvalue weighted by atomic mass is 10.1. The molecule has 3 atom stereocenters. The molecule has 0 unspecified atom stereocenters. The lowest BCUT2D eigenvalue weighted by Crippen LogP contribution is -2.48. The van der Waals surface area contributed by atoms with Gasteiger partial charge in [-0.2, -0.15) is 4.98 Å². The van der Waals surface area contributed by atoms with Gasteiger partial charge < -0.3 is 23.4 Å². The van der Waals surface area contributed by atoms with Crippen LogP contribution in [0, 0.1) is 0 Å². The van der Waals surface area contributed by atoms with Gasteiger partial charge in [-0.3, -0.25) is 4.57 Å². The van der Waals surface area contributed by atoms with Gasteiger partial charge in [-0.15, -0.1) is 0 Å². The molecule has 11 heteroatoms. The molecule has 1 aliphatic rings. The highest BCUT2D eigenvalue weighted by atomic mass is 28.4. The number of ether oxygens (including phenoxy) is 2. The zero-order valence-corrected chi connectivity index (χ0v) is 27.3. The largest absolute Gasteiger partial charge is 0.512 e. The minimum absolute atomic E-state index is 0.00789. The first-order chi connectivity index (χ1) is 17.2. The van der Waals surface area contributed by atoms with E-state index < -0.39 is 34.5 Å². The van der Waals surface area contributed by atoms with Gasteiger partial charge in [0.25, 0.3) is 0 Å². The number of carbonyl (C=O) groups excluding carboxylic acids is 1. The van der Waals surface area contributed by atoms with E-state index >= 15 is 0 Å². The summed E-state index contributed by atoms with van der Waals surface area (Å²) in [6.07, 6.45) is 0.824. The van der Waals surface area contributed by atoms with Crippen molar-refractivity contribution in [3.8, 4) is 0 Å². The van der Waals surface area contributed by atoms with Crippen LogP contribution in [0.3, 0.4) is 0 Å². The molecule has 0 bridgehead atoms. The molecule has 1 saturated heterocycles. The highest BCUT2D eigenvalue weighted by molar-refractivity contribution is 6.74. The summed E-state index contributed by atoms with van der Waals surface area (Å²) in [7, 11) is -4.17. The van der Waals surface area contributed by atoms with Crippen molar-refractivity contribution in [2.45, 2.75) is 117 Å². The third-order valence-corrected chi connectivity index (χ3v) is 17.1. The van der Waals surface area contributed by atoms with Crippen molar-refractivity contribution in [2.24, 2.45) is 0 Å². The van der Waals surface area contributed by atoms with Crippen molar-refractivity contribution in [2.75, 3.05) is 13.2 Å². The van der Waals surface area contributed by atoms with Crippen molar-refractivity contribution in [1.29, 1.82) is 0 Å². The van der Waals surface area contributed by atoms with Gasteiger partial charge in [-0.25, -0.2) is 9.59 Å². The molecule has 0 aliphatic carbocycles. The van der Waals surface area contributed by atoms with E-state index in [1.165, 1.54) is 23.8 Å². The van der Waals surface area contributed by atoms with Crippen molar-refractivity contribution >= 4 is 28.2 Å². The number of aliphatic hydroxyl groups excluding tert-OH is 1. The average molecular weight is 569 g/mol. The average Bonchev–Trinajstić information content (AvgIpc) is 3.12. The molecule has 1 aliphatic heterocycles. The lowest BCUT2D eigenvalue weighted by Gasteiger charge is -2.40. The van der Waals surface area contributed by atoms with E-state index in [2.05, 4.69) is 72.7 Å². The first kappa shape index (κ1) is 32.4. The minimum Gasteiger partial charge on any atom is -0.512 e. The number of aliphatic hydroxyl groups is 1. The summed E-state index contributed by atoms with van der Waals surface area (Å²) in [5.41, 5.74) is -0.676. The Bertz CT molecular complexity index is 1080. The number of hydrogen-bond acceptors (Lipinski definition) is 8. The van der Waals surface area contributed by atoms with Gasteiger partial charge in [0.05, 0.1) is 25.0 Å². The van der Waals surface area contributed by atoms with Crippen molar-refractivity contribution in [1.82, 2.24) is 9.55 Å². The first-order valence-electron chi connectivity index (χ1n) is 13.4. The highest BCUT2D eigenvalue weighted by Gasteiger charge is 2.46. The van der Waals surface area contributed by atoms with Gasteiger partial charge in [0.15, 0.2) is 16.6 Å². The van der Waals surface area contributed by atoms with Crippen LogP contribution < -0.4 is 5.69 Å². The summed E-state index contributed by atoms with van der Waals surface area (Å²) in [5.74, 6) is -1.00. The Morgan fingerprint density at radius 3 is 2.18 bits per heavy atom. The molecule has 1 fully saturated rings. The Labute approximate surface area is 229 Å². The summed E-state index contributed by atoms with van der Waals surface area (Å²) < 4.78 is 26.1. The van der Waals surface area contributed by atoms with E-state index in [4.69, 9.17) is 18.3 Å². The maximum atomic E-state index is 13.1. The number of allylic oxidation sites excluding steroid dienone is 1. The molecule has 0 amide bonds. The Balaban J connectivity index is 2.38. The number of nitrogens with zero attached hydrogens (tertiary/aromatic N) is 2. The maximum absolute atomic E-state index is 13.1. The molecule has 9 nitrogen and oxygen atoms in total. The van der Waals surface area contributed by atoms with E-state index in [-0.39, 0.29) is 45.9 Å². The van der Waals surface area contributed by atoms with E-state index in [0.29, 0.717) is 13.0 Å². The molecule has 2 rings (SSSR count). The number of aromatic nitrogens is 2. The van der Waals surface area contributed by atoms with Gasteiger partial charge in [0.2, 0.25) is 0 Å². The summed E-state index contributed by atoms with van der Waals surface area (Å²) in [5, 5.41) is 10.1. The fourth-order valence-corrected chi connectivity index (χ4v) is 5.99. The third kappa shape index (κ3) is 7.44. The SMILES string of the molecule is CCOC(=O)/C(=C(/C)O)c1ccn([C@H]2C[C@H](O[Si](C)(C)C(C)(C)C)[C@@H](CO[Si](C)(C)C(C)(C)C)O2)c(=O)n1. The zero-order chi connectivity index (χ0) is 29.3. The van der Waals surface area contributed by atoms with E-state index in [9.17, 15) is 14.7 Å². The number of rotatable bonds is 9. The minimum atomic E-state index is -2.14. The van der Waals surface area contributed by atoms with Gasteiger partial charge in [0, 0.05) is 12.6 Å². The highest BCUT2D eigenvalue weighted by Crippen LogP contribution is 2.42. The lowest BCUT2D eigenvalue weighted by molar-refractivity contribution is -0.136. The van der Waals surface area contributed by atoms with Gasteiger partial charge in [-0.1, -0.05) is 41.5 Å². The molecule has 38 heavy (non-hydrogen) atoms. The Kier molecular flexibility index (Phi) is 10.0. The fraction of sp³-hybridized carbons (Fsp3) is 0.741. The second-order valence-corrected chi connectivity index (χ2v) is 22.6. The first-order valence-corrected chi connectivity index (χ1v) is 19.2. The summed E-state index contributed by atoms with van der Waals surface area (Å²) in [6.45, 7) is 25.5. The molecular formula is C27H48N2O7Si2. The van der Waals surface area contributed by atoms with Crippen LogP contribution in [-0.4, -0.2) is 62.7 Å². The van der Waals surface area contributed by atoms with Crippen LogP contribution in [0.15, 0.2) is 22.8 Å². The second-order valence-electron chi connectivity index (χ2n) is 13.0. The van der Waals surface area contributed by atoms with Crippen molar-refractivity contribution in [3.63, 3.8) is 0 Å². The zero-order valence-electron chi connectivity index (χ0n) is 25.3. The van der Waals surface area contributed by atoms with Crippen molar-refractivity contribution < 1.29 is 28.2 Å². The molecule has 1 aromatic rings. The summed E-state index contributed by atoms with van der Waals surface area (Å²) in [6, 6.07) is 1.51. The Morgan fingerprint density at radius 2 is 1.71 bits per heavy atom. The number of hydrogen-bond donors (Lipinski definition) is 1. The maximum Gasteiger partial charge on any atom is 0.350 e. The van der Waals surface area contributed by atoms with E-state index in [1.54, 1.807) is 6.92 Å². The number of esters is 1. The molecule has 0 aromatic carbocycles. The molecule has 0 spiro atoms. The summed E-state index contributed by atoms with van der Waals surface area (Å²) in [4.78, 5) is 29.5. The van der Waals surface area contributed by atoms with Gasteiger partial charge in [0.1, 0.15) is 23.7 Å². The smallest absolute Gasteiger partial charge is 0.350 e. The monoisotopic (exact) mass is 568 g/mol. The van der Waals surface area contributed by atoms with Crippen LogP contribution in [-0.2, 0) is 23.1 Å². The molecular weight excluding hydrogens is 520 g/mol. The van der Waals surface area contributed by atoms with E-state index in [1.807, 2.05) is 0 Å². The molecule has 0 radical (unpaired) electrons. The topological polar surface area (TPSA) is 109 Å². The Morgan fingerprint density at radius 1 is 1.13 bits per heavy atom. The molecule has 1 aromatic heterocycles. The molecule has 216 valence electrons. The van der Waals surface area contributed by atoms with Gasteiger partial charge >= 0.3 is 11.7 Å². The quantitative estimate of drug-likeness (QED) is 0.172. The second kappa shape index (κ2) is 11.8. The van der Waals surface area contributed by atoms with Crippen LogP contribution in [0.5, 0.6) is 0 Å². The van der Waals surface area contributed by atoms with Crippen molar-refractivity contribution in [3.05, 3.63) is 34.2 Å². The third-order valence-electron chi connectivity index (χ3n) is 8.09. The molecule has 2 heterocycles. The summed E-state index contributed by atoms with van der Waals surface area (Å²) >= 11 is 0. The van der Waals surface area contributed by atoms with Gasteiger partial charge in [-0.05, 0) is 56.2 Å². The van der Waals surface area contributed by atoms with Crippen LogP contribution in [0.2, 0.25) is 36.3 Å². The van der Waals surface area contributed by atoms with Crippen LogP contribution >= 0.6 is 0 Å². The van der Waals surface area contributed by atoms with E-state index in [0.717, 1.165) is 0 Å². The van der Waals surface area contributed by atoms with Crippen LogP contribution in [0.1, 0.15) is 73.7 Å². The molecule has 1 N–H and O–H groups in total.